The van der Waals surface area contributed by atoms with E-state index in [-0.39, 0.29) is 16.3 Å². The van der Waals surface area contributed by atoms with Gasteiger partial charge in [0, 0.05) is 25.1 Å². The molecule has 0 atom stereocenters. The molecule has 0 spiro atoms. The molecule has 0 aromatic heterocycles. The number of hydrogen-bond donors (Lipinski definition) is 0. The molecule has 0 saturated carbocycles. The SMILES string of the molecule is COc1cc(F)c2c(c1)S(=O)(=O)N=C1CCCN12. The fourth-order valence-electron chi connectivity index (χ4n) is 2.31. The molecule has 1 aromatic carbocycles. The Kier molecular flexibility index (Phi) is 2.34. The van der Waals surface area contributed by atoms with Gasteiger partial charge in [-0.15, -0.1) is 4.40 Å². The second-order valence-electron chi connectivity index (χ2n) is 4.19. The van der Waals surface area contributed by atoms with Crippen LogP contribution in [0.15, 0.2) is 21.4 Å². The molecule has 1 saturated heterocycles. The van der Waals surface area contributed by atoms with Gasteiger partial charge in [0.2, 0.25) is 0 Å². The highest BCUT2D eigenvalue weighted by molar-refractivity contribution is 7.90. The molecule has 0 bridgehead atoms. The van der Waals surface area contributed by atoms with E-state index in [1.54, 1.807) is 4.90 Å². The fourth-order valence-corrected chi connectivity index (χ4v) is 3.59. The zero-order chi connectivity index (χ0) is 12.9. The number of sulfonamides is 1. The summed E-state index contributed by atoms with van der Waals surface area (Å²) in [5.41, 5.74) is 0.0956. The van der Waals surface area contributed by atoms with E-state index < -0.39 is 15.8 Å². The summed E-state index contributed by atoms with van der Waals surface area (Å²) in [6, 6.07) is 2.50. The summed E-state index contributed by atoms with van der Waals surface area (Å²) in [4.78, 5) is 1.51. The summed E-state index contributed by atoms with van der Waals surface area (Å²) in [6.07, 6.45) is 1.34. The normalized spacial score (nSPS) is 20.1. The van der Waals surface area contributed by atoms with E-state index in [2.05, 4.69) is 4.40 Å². The van der Waals surface area contributed by atoms with Gasteiger partial charge in [-0.05, 0) is 6.42 Å². The molecule has 2 aliphatic heterocycles. The first-order valence-corrected chi connectivity index (χ1v) is 6.96. The monoisotopic (exact) mass is 270 g/mol. The number of methoxy groups -OCH3 is 1. The van der Waals surface area contributed by atoms with Gasteiger partial charge in [0.1, 0.15) is 16.5 Å². The molecule has 0 radical (unpaired) electrons. The highest BCUT2D eigenvalue weighted by Gasteiger charge is 2.36. The fraction of sp³-hybridized carbons (Fsp3) is 0.364. The third-order valence-corrected chi connectivity index (χ3v) is 4.42. The highest BCUT2D eigenvalue weighted by Crippen LogP contribution is 2.39. The molecule has 0 amide bonds. The number of halogens is 1. The molecule has 5 nitrogen and oxygen atoms in total. The Morgan fingerprint density at radius 3 is 2.94 bits per heavy atom. The topological polar surface area (TPSA) is 59.0 Å². The number of hydrogen-bond acceptors (Lipinski definition) is 4. The van der Waals surface area contributed by atoms with Crippen molar-refractivity contribution in [2.24, 2.45) is 4.40 Å². The third-order valence-electron chi connectivity index (χ3n) is 3.10. The van der Waals surface area contributed by atoms with Gasteiger partial charge < -0.3 is 9.64 Å². The van der Waals surface area contributed by atoms with Gasteiger partial charge in [-0.3, -0.25) is 0 Å². The van der Waals surface area contributed by atoms with E-state index in [0.717, 1.165) is 6.42 Å². The molecule has 0 N–H and O–H groups in total. The zero-order valence-corrected chi connectivity index (χ0v) is 10.5. The van der Waals surface area contributed by atoms with Crippen LogP contribution < -0.4 is 9.64 Å². The summed E-state index contributed by atoms with van der Waals surface area (Å²) < 4.78 is 46.7. The van der Waals surface area contributed by atoms with Gasteiger partial charge in [0.15, 0.2) is 5.82 Å². The zero-order valence-electron chi connectivity index (χ0n) is 9.68. The maximum atomic E-state index is 14.1. The molecule has 1 aromatic rings. The van der Waals surface area contributed by atoms with Crippen molar-refractivity contribution in [2.45, 2.75) is 17.7 Å². The van der Waals surface area contributed by atoms with Crippen LogP contribution in [0, 0.1) is 5.82 Å². The second kappa shape index (κ2) is 3.68. The van der Waals surface area contributed by atoms with Crippen LogP contribution in [0.25, 0.3) is 0 Å². The molecular formula is C11H11FN2O3S. The van der Waals surface area contributed by atoms with Crippen molar-refractivity contribution in [2.75, 3.05) is 18.6 Å². The lowest BCUT2D eigenvalue weighted by Crippen LogP contribution is -2.31. The van der Waals surface area contributed by atoms with Crippen molar-refractivity contribution in [3.63, 3.8) is 0 Å². The van der Waals surface area contributed by atoms with Crippen LogP contribution in [0.4, 0.5) is 10.1 Å². The van der Waals surface area contributed by atoms with Crippen LogP contribution in [-0.4, -0.2) is 27.9 Å². The number of amidine groups is 1. The Morgan fingerprint density at radius 1 is 1.44 bits per heavy atom. The Balaban J connectivity index is 2.32. The van der Waals surface area contributed by atoms with Crippen LogP contribution in [-0.2, 0) is 10.0 Å². The first kappa shape index (κ1) is 11.5. The van der Waals surface area contributed by atoms with Crippen LogP contribution in [0.2, 0.25) is 0 Å². The first-order valence-electron chi connectivity index (χ1n) is 5.52. The van der Waals surface area contributed by atoms with E-state index in [9.17, 15) is 12.8 Å². The summed E-state index contributed by atoms with van der Waals surface area (Å²) >= 11 is 0. The quantitative estimate of drug-likeness (QED) is 0.776. The minimum Gasteiger partial charge on any atom is -0.497 e. The van der Waals surface area contributed by atoms with E-state index in [1.807, 2.05) is 0 Å². The Bertz CT molecular complexity index is 654. The molecule has 3 rings (SSSR count). The lowest BCUT2D eigenvalue weighted by atomic mass is 10.2. The molecule has 2 heterocycles. The lowest BCUT2D eigenvalue weighted by molar-refractivity contribution is 0.409. The highest BCUT2D eigenvalue weighted by atomic mass is 32.2. The van der Waals surface area contributed by atoms with Crippen molar-refractivity contribution in [3.05, 3.63) is 17.9 Å². The predicted octanol–water partition coefficient (Wildman–Crippen LogP) is 1.54. The van der Waals surface area contributed by atoms with Gasteiger partial charge in [0.25, 0.3) is 10.0 Å². The predicted molar refractivity (Wildman–Crippen MR) is 64.2 cm³/mol. The standard InChI is InChI=1S/C11H11FN2O3S/c1-17-7-5-8(12)11-9(6-7)18(15,16)13-10-3-2-4-14(10)11/h5-6H,2-4H2,1H3. The van der Waals surface area contributed by atoms with Gasteiger partial charge in [-0.2, -0.15) is 8.42 Å². The number of benzene rings is 1. The lowest BCUT2D eigenvalue weighted by Gasteiger charge is -2.26. The maximum absolute atomic E-state index is 14.1. The number of nitrogens with zero attached hydrogens (tertiary/aromatic N) is 2. The molecule has 0 aliphatic carbocycles. The van der Waals surface area contributed by atoms with Crippen molar-refractivity contribution >= 4 is 21.5 Å². The summed E-state index contributed by atoms with van der Waals surface area (Å²) in [5.74, 6) is 0.00136. The first-order chi connectivity index (χ1) is 8.53. The van der Waals surface area contributed by atoms with E-state index in [4.69, 9.17) is 4.74 Å². The minimum absolute atomic E-state index is 0.0956. The molecule has 2 aliphatic rings. The van der Waals surface area contributed by atoms with Gasteiger partial charge in [-0.1, -0.05) is 0 Å². The van der Waals surface area contributed by atoms with E-state index in [1.165, 1.54) is 19.2 Å². The molecular weight excluding hydrogens is 259 g/mol. The van der Waals surface area contributed by atoms with E-state index in [0.29, 0.717) is 18.8 Å². The smallest absolute Gasteiger partial charge is 0.286 e. The molecule has 18 heavy (non-hydrogen) atoms. The van der Waals surface area contributed by atoms with Crippen molar-refractivity contribution in [1.82, 2.24) is 0 Å². The van der Waals surface area contributed by atoms with Crippen LogP contribution in [0.1, 0.15) is 12.8 Å². The van der Waals surface area contributed by atoms with Gasteiger partial charge in [-0.25, -0.2) is 4.39 Å². The maximum Gasteiger partial charge on any atom is 0.286 e. The Morgan fingerprint density at radius 2 is 2.22 bits per heavy atom. The largest absolute Gasteiger partial charge is 0.497 e. The molecule has 1 fully saturated rings. The van der Waals surface area contributed by atoms with Crippen molar-refractivity contribution in [1.29, 1.82) is 0 Å². The average molecular weight is 270 g/mol. The minimum atomic E-state index is -3.83. The van der Waals surface area contributed by atoms with Crippen LogP contribution >= 0.6 is 0 Å². The number of anilines is 1. The van der Waals surface area contributed by atoms with Crippen LogP contribution in [0.3, 0.4) is 0 Å². The Hall–Kier alpha value is -1.63. The number of ether oxygens (including phenoxy) is 1. The van der Waals surface area contributed by atoms with Crippen LogP contribution in [0.5, 0.6) is 5.75 Å². The molecule has 7 heteroatoms. The van der Waals surface area contributed by atoms with Gasteiger partial charge in [0.05, 0.1) is 12.8 Å². The van der Waals surface area contributed by atoms with E-state index >= 15 is 0 Å². The summed E-state index contributed by atoms with van der Waals surface area (Å²) in [5, 5.41) is 0. The molecule has 0 unspecified atom stereocenters. The van der Waals surface area contributed by atoms with Gasteiger partial charge >= 0.3 is 0 Å². The summed E-state index contributed by atoms with van der Waals surface area (Å²) in [7, 11) is -2.46. The van der Waals surface area contributed by atoms with Crippen molar-refractivity contribution < 1.29 is 17.5 Å². The Labute approximate surface area is 104 Å². The third kappa shape index (κ3) is 1.50. The van der Waals surface area contributed by atoms with Crippen molar-refractivity contribution in [3.8, 4) is 5.75 Å². The number of fused-ring (bicyclic) bond motifs is 3. The molecule has 96 valence electrons. The number of rotatable bonds is 1. The second-order valence-corrected chi connectivity index (χ2v) is 5.77. The average Bonchev–Trinajstić information content (AvgIpc) is 2.75. The summed E-state index contributed by atoms with van der Waals surface area (Å²) in [6.45, 7) is 0.588.